The molecule has 1 aliphatic carbocycles. The fourth-order valence-corrected chi connectivity index (χ4v) is 3.31. The Balaban J connectivity index is 1.82. The van der Waals surface area contributed by atoms with E-state index in [2.05, 4.69) is 5.32 Å². The van der Waals surface area contributed by atoms with E-state index >= 15 is 0 Å². The van der Waals surface area contributed by atoms with Crippen molar-refractivity contribution in [2.45, 2.75) is 50.6 Å². The third-order valence-corrected chi connectivity index (χ3v) is 4.71. The van der Waals surface area contributed by atoms with Gasteiger partial charge in [0.2, 0.25) is 11.8 Å². The number of carbonyl (C=O) groups excluding carboxylic acids is 2. The summed E-state index contributed by atoms with van der Waals surface area (Å²) in [4.78, 5) is 26.7. The van der Waals surface area contributed by atoms with Gasteiger partial charge >= 0.3 is 0 Å². The Morgan fingerprint density at radius 1 is 1.21 bits per heavy atom. The van der Waals surface area contributed by atoms with E-state index in [4.69, 9.17) is 4.74 Å². The van der Waals surface area contributed by atoms with E-state index in [9.17, 15) is 9.59 Å². The van der Waals surface area contributed by atoms with Gasteiger partial charge in [0.05, 0.1) is 0 Å². The molecule has 1 atom stereocenters. The van der Waals surface area contributed by atoms with Gasteiger partial charge in [0.15, 0.2) is 0 Å². The lowest BCUT2D eigenvalue weighted by Crippen LogP contribution is -2.58. The van der Waals surface area contributed by atoms with Crippen molar-refractivity contribution in [1.82, 2.24) is 10.2 Å². The molecule has 2 amide bonds. The van der Waals surface area contributed by atoms with Gasteiger partial charge in [-0.05, 0) is 38.5 Å². The van der Waals surface area contributed by atoms with Crippen LogP contribution in [0.5, 0.6) is 0 Å². The minimum Gasteiger partial charge on any atom is -0.381 e. The summed E-state index contributed by atoms with van der Waals surface area (Å²) in [5.41, 5.74) is -0.675. The number of amides is 2. The normalized spacial score (nSPS) is 34.1. The molecule has 19 heavy (non-hydrogen) atoms. The van der Waals surface area contributed by atoms with Crippen LogP contribution in [0.3, 0.4) is 0 Å². The van der Waals surface area contributed by atoms with Gasteiger partial charge in [-0.15, -0.1) is 0 Å². The van der Waals surface area contributed by atoms with Crippen LogP contribution in [0.25, 0.3) is 0 Å². The number of nitrogens with zero attached hydrogens (tertiary/aromatic N) is 1. The van der Waals surface area contributed by atoms with E-state index in [-0.39, 0.29) is 17.9 Å². The molecule has 106 valence electrons. The van der Waals surface area contributed by atoms with Crippen molar-refractivity contribution in [3.63, 3.8) is 0 Å². The Labute approximate surface area is 113 Å². The van der Waals surface area contributed by atoms with Crippen LogP contribution in [-0.4, -0.2) is 48.1 Å². The zero-order valence-electron chi connectivity index (χ0n) is 11.5. The number of nitrogens with one attached hydrogen (secondary N) is 1. The lowest BCUT2D eigenvalue weighted by atomic mass is 9.92. The van der Waals surface area contributed by atoms with Crippen LogP contribution < -0.4 is 5.32 Å². The van der Waals surface area contributed by atoms with Crippen molar-refractivity contribution in [3.8, 4) is 0 Å². The lowest BCUT2D eigenvalue weighted by molar-refractivity contribution is -0.142. The first-order valence-corrected chi connectivity index (χ1v) is 7.31. The van der Waals surface area contributed by atoms with E-state index in [1.54, 1.807) is 0 Å². The largest absolute Gasteiger partial charge is 0.381 e. The van der Waals surface area contributed by atoms with Crippen LogP contribution in [0.4, 0.5) is 0 Å². The molecule has 1 saturated carbocycles. The molecule has 0 radical (unpaired) electrons. The second kappa shape index (κ2) is 4.78. The molecule has 3 rings (SSSR count). The second-order valence-electron chi connectivity index (χ2n) is 6.12. The first-order chi connectivity index (χ1) is 9.11. The number of rotatable bonds is 2. The monoisotopic (exact) mass is 266 g/mol. The van der Waals surface area contributed by atoms with Gasteiger partial charge in [-0.1, -0.05) is 0 Å². The molecule has 2 aliphatic heterocycles. The van der Waals surface area contributed by atoms with Crippen molar-refractivity contribution in [2.24, 2.45) is 5.92 Å². The first kappa shape index (κ1) is 12.9. The topological polar surface area (TPSA) is 58.6 Å². The van der Waals surface area contributed by atoms with Crippen LogP contribution in [0.1, 0.15) is 39.0 Å². The summed E-state index contributed by atoms with van der Waals surface area (Å²) in [7, 11) is 0. The van der Waals surface area contributed by atoms with Crippen LogP contribution >= 0.6 is 0 Å². The van der Waals surface area contributed by atoms with Gasteiger partial charge in [-0.3, -0.25) is 9.59 Å². The van der Waals surface area contributed by atoms with Crippen molar-refractivity contribution < 1.29 is 14.3 Å². The van der Waals surface area contributed by atoms with E-state index < -0.39 is 5.54 Å². The van der Waals surface area contributed by atoms with Crippen LogP contribution in [0.2, 0.25) is 0 Å². The highest BCUT2D eigenvalue weighted by Gasteiger charge is 2.52. The summed E-state index contributed by atoms with van der Waals surface area (Å²) in [6, 6.07) is 0.243. The third kappa shape index (κ3) is 2.36. The van der Waals surface area contributed by atoms with Crippen LogP contribution in [-0.2, 0) is 14.3 Å². The molecule has 2 heterocycles. The maximum absolute atomic E-state index is 12.9. The minimum atomic E-state index is -0.675. The Morgan fingerprint density at radius 3 is 2.53 bits per heavy atom. The van der Waals surface area contributed by atoms with Crippen molar-refractivity contribution in [3.05, 3.63) is 0 Å². The van der Waals surface area contributed by atoms with Gasteiger partial charge in [-0.25, -0.2) is 0 Å². The van der Waals surface area contributed by atoms with Crippen molar-refractivity contribution >= 4 is 11.8 Å². The molecule has 0 spiro atoms. The molecule has 0 aromatic rings. The third-order valence-electron chi connectivity index (χ3n) is 4.71. The fourth-order valence-electron chi connectivity index (χ4n) is 3.31. The molecule has 0 aromatic carbocycles. The second-order valence-corrected chi connectivity index (χ2v) is 6.12. The summed E-state index contributed by atoms with van der Waals surface area (Å²) >= 11 is 0. The Morgan fingerprint density at radius 2 is 1.89 bits per heavy atom. The molecule has 5 heteroatoms. The van der Waals surface area contributed by atoms with E-state index in [0.29, 0.717) is 18.9 Å². The molecule has 5 nitrogen and oxygen atoms in total. The number of hydrogen-bond acceptors (Lipinski definition) is 3. The predicted molar refractivity (Wildman–Crippen MR) is 69.4 cm³/mol. The predicted octanol–water partition coefficient (Wildman–Crippen LogP) is 0.683. The Kier molecular flexibility index (Phi) is 3.25. The molecule has 0 aromatic heterocycles. The minimum absolute atomic E-state index is 0.0114. The van der Waals surface area contributed by atoms with Gasteiger partial charge in [0, 0.05) is 32.2 Å². The van der Waals surface area contributed by atoms with E-state index in [1.807, 2.05) is 11.8 Å². The quantitative estimate of drug-likeness (QED) is 0.799. The zero-order chi connectivity index (χ0) is 13.5. The van der Waals surface area contributed by atoms with Crippen LogP contribution in [0.15, 0.2) is 0 Å². The van der Waals surface area contributed by atoms with E-state index in [0.717, 1.165) is 38.9 Å². The Hall–Kier alpha value is -1.10. The summed E-state index contributed by atoms with van der Waals surface area (Å²) in [5.74, 6) is 0.453. The standard InChI is InChI=1S/C14H22N2O3/c1-14(10-2-3-10)13(18)16(7-4-12(17)15-14)11-5-8-19-9-6-11/h10-11H,2-9H2,1H3,(H,15,17). The summed E-state index contributed by atoms with van der Waals surface area (Å²) < 4.78 is 5.37. The average molecular weight is 266 g/mol. The molecule has 1 unspecified atom stereocenters. The SMILES string of the molecule is CC1(C2CC2)NC(=O)CCN(C2CCOCC2)C1=O. The van der Waals surface area contributed by atoms with E-state index in [1.165, 1.54) is 0 Å². The average Bonchev–Trinajstić information content (AvgIpc) is 3.23. The molecular weight excluding hydrogens is 244 g/mol. The Bertz CT molecular complexity index is 388. The van der Waals surface area contributed by atoms with Crippen molar-refractivity contribution in [1.29, 1.82) is 0 Å². The maximum Gasteiger partial charge on any atom is 0.248 e. The summed E-state index contributed by atoms with van der Waals surface area (Å²) in [6.45, 7) is 3.89. The van der Waals surface area contributed by atoms with Gasteiger partial charge < -0.3 is 15.0 Å². The lowest BCUT2D eigenvalue weighted by Gasteiger charge is -2.38. The highest BCUT2D eigenvalue weighted by molar-refractivity contribution is 5.94. The highest BCUT2D eigenvalue weighted by Crippen LogP contribution is 2.41. The molecule has 3 aliphatic rings. The first-order valence-electron chi connectivity index (χ1n) is 7.31. The zero-order valence-corrected chi connectivity index (χ0v) is 11.5. The van der Waals surface area contributed by atoms with Gasteiger partial charge in [-0.2, -0.15) is 0 Å². The van der Waals surface area contributed by atoms with Crippen molar-refractivity contribution in [2.75, 3.05) is 19.8 Å². The van der Waals surface area contributed by atoms with Gasteiger partial charge in [0.25, 0.3) is 0 Å². The molecule has 3 fully saturated rings. The highest BCUT2D eigenvalue weighted by atomic mass is 16.5. The molecule has 2 saturated heterocycles. The summed E-state index contributed by atoms with van der Waals surface area (Å²) in [6.07, 6.45) is 4.29. The van der Waals surface area contributed by atoms with Crippen LogP contribution in [0, 0.1) is 5.92 Å². The summed E-state index contributed by atoms with van der Waals surface area (Å²) in [5, 5.41) is 2.97. The number of ether oxygens (including phenoxy) is 1. The number of hydrogen-bond donors (Lipinski definition) is 1. The molecule has 0 bridgehead atoms. The number of carbonyl (C=O) groups is 2. The van der Waals surface area contributed by atoms with Gasteiger partial charge in [0.1, 0.15) is 5.54 Å². The smallest absolute Gasteiger partial charge is 0.248 e. The fraction of sp³-hybridized carbons (Fsp3) is 0.857. The molecular formula is C14H22N2O3. The molecule has 1 N–H and O–H groups in total. The maximum atomic E-state index is 12.9.